The molecule has 0 bridgehead atoms. The Labute approximate surface area is 110 Å². The molecule has 0 spiro atoms. The summed E-state index contributed by atoms with van der Waals surface area (Å²) < 4.78 is 0. The Kier molecular flexibility index (Phi) is 3.86. The maximum atomic E-state index is 11.1. The van der Waals surface area contributed by atoms with E-state index in [4.69, 9.17) is 16.7 Å². The zero-order valence-electron chi connectivity index (χ0n) is 10.1. The summed E-state index contributed by atoms with van der Waals surface area (Å²) in [5, 5.41) is 9.59. The summed E-state index contributed by atoms with van der Waals surface area (Å²) in [4.78, 5) is 22.9. The van der Waals surface area contributed by atoms with Gasteiger partial charge in [0.2, 0.25) is 5.95 Å². The molecular weight excluding hydrogens is 256 g/mol. The van der Waals surface area contributed by atoms with E-state index in [1.165, 1.54) is 4.90 Å². The van der Waals surface area contributed by atoms with E-state index in [1.54, 1.807) is 12.4 Å². The van der Waals surface area contributed by atoms with Crippen molar-refractivity contribution in [1.82, 2.24) is 14.9 Å². The number of piperazine rings is 1. The first-order valence-electron chi connectivity index (χ1n) is 5.84. The third-order valence-electron chi connectivity index (χ3n) is 3.09. The third-order valence-corrected chi connectivity index (χ3v) is 3.28. The molecular formula is C11H15ClN4O2. The van der Waals surface area contributed by atoms with Crippen molar-refractivity contribution in [1.29, 1.82) is 0 Å². The molecule has 0 radical (unpaired) electrons. The number of hydrogen-bond donors (Lipinski definition) is 1. The fourth-order valence-electron chi connectivity index (χ4n) is 2.11. The predicted octanol–water partition coefficient (Wildman–Crippen LogP) is 1.71. The van der Waals surface area contributed by atoms with E-state index in [-0.39, 0.29) is 6.04 Å². The summed E-state index contributed by atoms with van der Waals surface area (Å²) in [7, 11) is 0. The van der Waals surface area contributed by atoms with Gasteiger partial charge >= 0.3 is 6.09 Å². The molecule has 1 fully saturated rings. The molecule has 6 nitrogen and oxygen atoms in total. The third kappa shape index (κ3) is 2.64. The number of hydrogen-bond acceptors (Lipinski definition) is 4. The van der Waals surface area contributed by atoms with E-state index in [1.807, 2.05) is 11.8 Å². The number of amides is 1. The highest BCUT2D eigenvalue weighted by atomic mass is 35.5. The standard InChI is InChI=1S/C11H15ClN4O2/c1-2-9-7-15(3-4-16(9)11(17)18)10-13-5-8(12)6-14-10/h5-6,9H,2-4,7H2,1H3,(H,17,18). The molecule has 1 N–H and O–H groups in total. The summed E-state index contributed by atoms with van der Waals surface area (Å²) >= 11 is 5.74. The fraction of sp³-hybridized carbons (Fsp3) is 0.545. The van der Waals surface area contributed by atoms with Gasteiger partial charge in [0.1, 0.15) is 0 Å². The average molecular weight is 271 g/mol. The Hall–Kier alpha value is -1.56. The number of aromatic nitrogens is 2. The van der Waals surface area contributed by atoms with E-state index in [0.29, 0.717) is 30.6 Å². The van der Waals surface area contributed by atoms with E-state index in [9.17, 15) is 4.79 Å². The molecule has 2 rings (SSSR count). The normalized spacial score (nSPS) is 20.0. The minimum absolute atomic E-state index is 0.0180. The maximum Gasteiger partial charge on any atom is 0.407 e. The SMILES string of the molecule is CCC1CN(c2ncc(Cl)cn2)CCN1C(=O)O. The van der Waals surface area contributed by atoms with Crippen LogP contribution in [-0.4, -0.2) is 51.7 Å². The van der Waals surface area contributed by atoms with Crippen LogP contribution in [0.3, 0.4) is 0 Å². The smallest absolute Gasteiger partial charge is 0.407 e. The molecule has 1 amide bonds. The van der Waals surface area contributed by atoms with Crippen LogP contribution in [0.1, 0.15) is 13.3 Å². The summed E-state index contributed by atoms with van der Waals surface area (Å²) in [6.07, 6.45) is 3.01. The predicted molar refractivity (Wildman–Crippen MR) is 68.1 cm³/mol. The van der Waals surface area contributed by atoms with E-state index < -0.39 is 6.09 Å². The molecule has 1 aliphatic heterocycles. The van der Waals surface area contributed by atoms with Gasteiger partial charge in [-0.2, -0.15) is 0 Å². The van der Waals surface area contributed by atoms with Crippen molar-refractivity contribution in [3.05, 3.63) is 17.4 Å². The van der Waals surface area contributed by atoms with E-state index >= 15 is 0 Å². The molecule has 1 aromatic heterocycles. The minimum Gasteiger partial charge on any atom is -0.465 e. The maximum absolute atomic E-state index is 11.1. The molecule has 0 aromatic carbocycles. The first kappa shape index (κ1) is 12.9. The molecule has 98 valence electrons. The Balaban J connectivity index is 2.09. The summed E-state index contributed by atoms with van der Waals surface area (Å²) in [5.41, 5.74) is 0. The van der Waals surface area contributed by atoms with Gasteiger partial charge in [0, 0.05) is 19.6 Å². The molecule has 0 aliphatic carbocycles. The number of halogens is 1. The summed E-state index contributed by atoms with van der Waals surface area (Å²) in [6, 6.07) is -0.0180. The molecule has 1 aliphatic rings. The fourth-order valence-corrected chi connectivity index (χ4v) is 2.20. The van der Waals surface area contributed by atoms with Crippen molar-refractivity contribution >= 4 is 23.6 Å². The molecule has 1 atom stereocenters. The molecule has 1 unspecified atom stereocenters. The van der Waals surface area contributed by atoms with Crippen molar-refractivity contribution < 1.29 is 9.90 Å². The first-order valence-corrected chi connectivity index (χ1v) is 6.21. The van der Waals surface area contributed by atoms with Gasteiger partial charge in [-0.25, -0.2) is 14.8 Å². The summed E-state index contributed by atoms with van der Waals surface area (Å²) in [6.45, 7) is 3.67. The Morgan fingerprint density at radius 3 is 2.72 bits per heavy atom. The number of carbonyl (C=O) groups is 1. The van der Waals surface area contributed by atoms with E-state index in [2.05, 4.69) is 9.97 Å². The van der Waals surface area contributed by atoms with Gasteiger partial charge in [-0.1, -0.05) is 18.5 Å². The Morgan fingerprint density at radius 2 is 2.17 bits per heavy atom. The van der Waals surface area contributed by atoms with Gasteiger partial charge < -0.3 is 14.9 Å². The van der Waals surface area contributed by atoms with Crippen molar-refractivity contribution in [3.8, 4) is 0 Å². The number of carboxylic acid groups (broad SMARTS) is 1. The van der Waals surface area contributed by atoms with Crippen LogP contribution in [0.25, 0.3) is 0 Å². The second-order valence-corrected chi connectivity index (χ2v) is 4.62. The highest BCUT2D eigenvalue weighted by molar-refractivity contribution is 6.30. The lowest BCUT2D eigenvalue weighted by Crippen LogP contribution is -2.55. The lowest BCUT2D eigenvalue weighted by molar-refractivity contribution is 0.116. The topological polar surface area (TPSA) is 69.6 Å². The van der Waals surface area contributed by atoms with Crippen LogP contribution in [0.5, 0.6) is 0 Å². The monoisotopic (exact) mass is 270 g/mol. The van der Waals surface area contributed by atoms with Crippen LogP contribution in [0.2, 0.25) is 5.02 Å². The molecule has 0 saturated carbocycles. The van der Waals surface area contributed by atoms with Gasteiger partial charge in [0.05, 0.1) is 23.5 Å². The van der Waals surface area contributed by atoms with Crippen LogP contribution < -0.4 is 4.90 Å². The van der Waals surface area contributed by atoms with Gasteiger partial charge in [-0.15, -0.1) is 0 Å². The first-order chi connectivity index (χ1) is 8.61. The largest absolute Gasteiger partial charge is 0.465 e. The van der Waals surface area contributed by atoms with Gasteiger partial charge in [-0.3, -0.25) is 0 Å². The van der Waals surface area contributed by atoms with Crippen LogP contribution in [0.15, 0.2) is 12.4 Å². The lowest BCUT2D eigenvalue weighted by atomic mass is 10.1. The van der Waals surface area contributed by atoms with Crippen LogP contribution in [0.4, 0.5) is 10.7 Å². The highest BCUT2D eigenvalue weighted by Gasteiger charge is 2.29. The Bertz CT molecular complexity index is 426. The van der Waals surface area contributed by atoms with Crippen LogP contribution in [0, 0.1) is 0 Å². The average Bonchev–Trinajstić information content (AvgIpc) is 2.38. The number of rotatable bonds is 2. The summed E-state index contributed by atoms with van der Waals surface area (Å²) in [5.74, 6) is 0.600. The second kappa shape index (κ2) is 5.39. The van der Waals surface area contributed by atoms with Crippen molar-refractivity contribution in [3.63, 3.8) is 0 Å². The van der Waals surface area contributed by atoms with Crippen molar-refractivity contribution in [2.24, 2.45) is 0 Å². The number of anilines is 1. The van der Waals surface area contributed by atoms with Crippen LogP contribution >= 0.6 is 11.6 Å². The van der Waals surface area contributed by atoms with Gasteiger partial charge in [0.15, 0.2) is 0 Å². The molecule has 1 saturated heterocycles. The lowest BCUT2D eigenvalue weighted by Gasteiger charge is -2.39. The molecule has 18 heavy (non-hydrogen) atoms. The van der Waals surface area contributed by atoms with E-state index in [0.717, 1.165) is 6.42 Å². The highest BCUT2D eigenvalue weighted by Crippen LogP contribution is 2.18. The zero-order valence-corrected chi connectivity index (χ0v) is 10.8. The van der Waals surface area contributed by atoms with Gasteiger partial charge in [-0.05, 0) is 6.42 Å². The molecule has 2 heterocycles. The molecule has 7 heteroatoms. The Morgan fingerprint density at radius 1 is 1.50 bits per heavy atom. The van der Waals surface area contributed by atoms with Crippen LogP contribution in [-0.2, 0) is 0 Å². The van der Waals surface area contributed by atoms with Crippen molar-refractivity contribution in [2.75, 3.05) is 24.5 Å². The zero-order chi connectivity index (χ0) is 13.1. The second-order valence-electron chi connectivity index (χ2n) is 4.19. The number of nitrogens with zero attached hydrogens (tertiary/aromatic N) is 4. The van der Waals surface area contributed by atoms with Crippen molar-refractivity contribution in [2.45, 2.75) is 19.4 Å². The van der Waals surface area contributed by atoms with Gasteiger partial charge in [0.25, 0.3) is 0 Å². The minimum atomic E-state index is -0.862. The molecule has 1 aromatic rings. The quantitative estimate of drug-likeness (QED) is 0.886.